The van der Waals surface area contributed by atoms with Crippen molar-refractivity contribution in [3.8, 4) is 5.75 Å². The molecule has 1 unspecified atom stereocenters. The molecule has 0 aliphatic rings. The van der Waals surface area contributed by atoms with Crippen molar-refractivity contribution in [2.75, 3.05) is 13.7 Å². The lowest BCUT2D eigenvalue weighted by Crippen LogP contribution is -2.45. The number of carbonyl (C=O) groups excluding carboxylic acids is 3. The van der Waals surface area contributed by atoms with Crippen molar-refractivity contribution in [2.45, 2.75) is 19.9 Å². The minimum atomic E-state index is -0.883. The Morgan fingerprint density at radius 3 is 2.07 bits per heavy atom. The number of hydrogen-bond donors (Lipinski definition) is 1. The molecule has 28 heavy (non-hydrogen) atoms. The van der Waals surface area contributed by atoms with Crippen molar-refractivity contribution in [1.29, 1.82) is 0 Å². The van der Waals surface area contributed by atoms with E-state index in [1.54, 1.807) is 62.4 Å². The molecule has 0 aromatic heterocycles. The number of benzene rings is 2. The van der Waals surface area contributed by atoms with Gasteiger partial charge in [-0.05, 0) is 54.4 Å². The first-order valence-corrected chi connectivity index (χ1v) is 9.10. The van der Waals surface area contributed by atoms with E-state index in [-0.39, 0.29) is 11.7 Å². The second kappa shape index (κ2) is 9.90. The number of methoxy groups -OCH3 is 1. The molecule has 0 radical (unpaired) electrons. The van der Waals surface area contributed by atoms with E-state index >= 15 is 0 Å². The molecule has 1 amide bonds. The summed E-state index contributed by atoms with van der Waals surface area (Å²) in [6.07, 6.45) is 0. The van der Waals surface area contributed by atoms with Crippen LogP contribution < -0.4 is 10.1 Å². The van der Waals surface area contributed by atoms with Gasteiger partial charge in [0.15, 0.2) is 12.4 Å². The monoisotopic (exact) mass is 403 g/mol. The van der Waals surface area contributed by atoms with E-state index in [9.17, 15) is 14.4 Å². The second-order valence-electron chi connectivity index (χ2n) is 6.46. The Hall–Kier alpha value is -2.86. The van der Waals surface area contributed by atoms with Gasteiger partial charge in [-0.3, -0.25) is 9.59 Å². The Balaban J connectivity index is 1.97. The number of hydrogen-bond acceptors (Lipinski definition) is 5. The lowest BCUT2D eigenvalue weighted by Gasteiger charge is -2.20. The molecule has 1 atom stereocenters. The van der Waals surface area contributed by atoms with Gasteiger partial charge >= 0.3 is 5.97 Å². The molecule has 0 aliphatic heterocycles. The summed E-state index contributed by atoms with van der Waals surface area (Å²) in [7, 11) is 1.53. The average Bonchev–Trinajstić information content (AvgIpc) is 2.70. The van der Waals surface area contributed by atoms with Crippen LogP contribution in [0.4, 0.5) is 0 Å². The van der Waals surface area contributed by atoms with Crippen molar-refractivity contribution >= 4 is 29.3 Å². The van der Waals surface area contributed by atoms with Gasteiger partial charge in [-0.15, -0.1) is 0 Å². The fourth-order valence-electron chi connectivity index (χ4n) is 2.41. The topological polar surface area (TPSA) is 81.7 Å². The second-order valence-corrected chi connectivity index (χ2v) is 6.90. The number of amides is 1. The number of carbonyl (C=O) groups is 3. The van der Waals surface area contributed by atoms with E-state index in [0.717, 1.165) is 0 Å². The highest BCUT2D eigenvalue weighted by molar-refractivity contribution is 6.30. The normalized spacial score (nSPS) is 11.6. The summed E-state index contributed by atoms with van der Waals surface area (Å²) in [6.45, 7) is 3.14. The van der Waals surface area contributed by atoms with Crippen LogP contribution in [-0.4, -0.2) is 37.4 Å². The molecule has 6 nitrogen and oxygen atoms in total. The Kier molecular flexibility index (Phi) is 7.58. The molecular weight excluding hydrogens is 382 g/mol. The lowest BCUT2D eigenvalue weighted by atomic mass is 10.0. The summed E-state index contributed by atoms with van der Waals surface area (Å²) in [4.78, 5) is 37.0. The maximum absolute atomic E-state index is 12.4. The van der Waals surface area contributed by atoms with Crippen molar-refractivity contribution < 1.29 is 23.9 Å². The van der Waals surface area contributed by atoms with Gasteiger partial charge in [0.25, 0.3) is 5.91 Å². The van der Waals surface area contributed by atoms with Crippen LogP contribution >= 0.6 is 11.6 Å². The largest absolute Gasteiger partial charge is 0.497 e. The molecule has 2 rings (SSSR count). The van der Waals surface area contributed by atoms with Gasteiger partial charge in [0.1, 0.15) is 11.8 Å². The fourth-order valence-corrected chi connectivity index (χ4v) is 2.54. The van der Waals surface area contributed by atoms with E-state index in [4.69, 9.17) is 21.1 Å². The summed E-state index contributed by atoms with van der Waals surface area (Å²) in [5, 5.41) is 3.15. The molecule has 148 valence electrons. The molecule has 0 saturated heterocycles. The minimum absolute atomic E-state index is 0.222. The molecule has 0 spiro atoms. The summed E-state index contributed by atoms with van der Waals surface area (Å²) in [6, 6.07) is 11.9. The van der Waals surface area contributed by atoms with Crippen LogP contribution in [0.5, 0.6) is 5.75 Å². The Bertz CT molecular complexity index is 831. The Labute approximate surface area is 168 Å². The van der Waals surface area contributed by atoms with Crippen LogP contribution in [0, 0.1) is 5.92 Å². The van der Waals surface area contributed by atoms with Crippen LogP contribution in [0.15, 0.2) is 48.5 Å². The van der Waals surface area contributed by atoms with Gasteiger partial charge in [-0.25, -0.2) is 4.79 Å². The Morgan fingerprint density at radius 1 is 0.964 bits per heavy atom. The zero-order valence-electron chi connectivity index (χ0n) is 15.9. The number of ketones is 1. The van der Waals surface area contributed by atoms with Crippen molar-refractivity contribution in [3.05, 3.63) is 64.7 Å². The van der Waals surface area contributed by atoms with E-state index in [1.165, 1.54) is 7.11 Å². The van der Waals surface area contributed by atoms with Gasteiger partial charge in [-0.2, -0.15) is 0 Å². The summed E-state index contributed by atoms with van der Waals surface area (Å²) in [5.74, 6) is -1.03. The number of esters is 1. The van der Waals surface area contributed by atoms with Crippen molar-refractivity contribution in [3.63, 3.8) is 0 Å². The highest BCUT2D eigenvalue weighted by Crippen LogP contribution is 2.13. The number of Topliss-reactive ketones (excluding diaryl/α,β-unsaturated/α-hetero) is 1. The lowest BCUT2D eigenvalue weighted by molar-refractivity contribution is -0.145. The van der Waals surface area contributed by atoms with E-state index in [0.29, 0.717) is 21.9 Å². The molecule has 0 fully saturated rings. The molecule has 1 N–H and O–H groups in total. The average molecular weight is 404 g/mol. The maximum Gasteiger partial charge on any atom is 0.329 e. The van der Waals surface area contributed by atoms with E-state index in [1.807, 2.05) is 0 Å². The van der Waals surface area contributed by atoms with Gasteiger partial charge in [0.05, 0.1) is 7.11 Å². The molecule has 0 aliphatic carbocycles. The first-order chi connectivity index (χ1) is 13.3. The SMILES string of the molecule is COc1ccc(C(=O)COC(=O)C(NC(=O)c2ccc(Cl)cc2)C(C)C)cc1. The summed E-state index contributed by atoms with van der Waals surface area (Å²) >= 11 is 5.82. The van der Waals surface area contributed by atoms with Gasteiger partial charge in [-0.1, -0.05) is 25.4 Å². The third-order valence-corrected chi connectivity index (χ3v) is 4.32. The zero-order valence-corrected chi connectivity index (χ0v) is 16.7. The number of halogens is 1. The maximum atomic E-state index is 12.4. The summed E-state index contributed by atoms with van der Waals surface area (Å²) < 4.78 is 10.2. The number of nitrogens with one attached hydrogen (secondary N) is 1. The third-order valence-electron chi connectivity index (χ3n) is 4.07. The molecule has 0 heterocycles. The van der Waals surface area contributed by atoms with Crippen LogP contribution in [0.25, 0.3) is 0 Å². The first-order valence-electron chi connectivity index (χ1n) is 8.72. The van der Waals surface area contributed by atoms with Gasteiger partial charge in [0.2, 0.25) is 0 Å². The smallest absolute Gasteiger partial charge is 0.329 e. The van der Waals surface area contributed by atoms with Gasteiger partial charge < -0.3 is 14.8 Å². The highest BCUT2D eigenvalue weighted by Gasteiger charge is 2.27. The molecular formula is C21H22ClNO5. The molecule has 2 aromatic rings. The van der Waals surface area contributed by atoms with Crippen molar-refractivity contribution in [1.82, 2.24) is 5.32 Å². The van der Waals surface area contributed by atoms with E-state index < -0.39 is 24.5 Å². The van der Waals surface area contributed by atoms with Gasteiger partial charge in [0, 0.05) is 16.1 Å². The predicted octanol–water partition coefficient (Wildman–Crippen LogP) is 3.53. The van der Waals surface area contributed by atoms with E-state index in [2.05, 4.69) is 5.32 Å². The van der Waals surface area contributed by atoms with Crippen LogP contribution in [0.2, 0.25) is 5.02 Å². The number of ether oxygens (including phenoxy) is 2. The molecule has 7 heteroatoms. The standard InChI is InChI=1S/C21H22ClNO5/c1-13(2)19(23-20(25)15-4-8-16(22)9-5-15)21(26)28-12-18(24)14-6-10-17(27-3)11-7-14/h4-11,13,19H,12H2,1-3H3,(H,23,25). The van der Waals surface area contributed by atoms with Crippen LogP contribution in [0.1, 0.15) is 34.6 Å². The molecule has 0 bridgehead atoms. The molecule has 2 aromatic carbocycles. The predicted molar refractivity (Wildman–Crippen MR) is 106 cm³/mol. The summed E-state index contributed by atoms with van der Waals surface area (Å²) in [5.41, 5.74) is 0.775. The fraction of sp³-hybridized carbons (Fsp3) is 0.286. The zero-order chi connectivity index (χ0) is 20.7. The number of rotatable bonds is 8. The quantitative estimate of drug-likeness (QED) is 0.538. The van der Waals surface area contributed by atoms with Crippen LogP contribution in [-0.2, 0) is 9.53 Å². The van der Waals surface area contributed by atoms with Crippen molar-refractivity contribution in [2.24, 2.45) is 5.92 Å². The van der Waals surface area contributed by atoms with Crippen LogP contribution in [0.3, 0.4) is 0 Å². The Morgan fingerprint density at radius 2 is 1.54 bits per heavy atom. The molecule has 0 saturated carbocycles. The third kappa shape index (κ3) is 5.82. The minimum Gasteiger partial charge on any atom is -0.497 e. The highest BCUT2D eigenvalue weighted by atomic mass is 35.5. The first kappa shape index (κ1) is 21.4.